The summed E-state index contributed by atoms with van der Waals surface area (Å²) in [6.07, 6.45) is 0. The molecule has 0 aliphatic heterocycles. The van der Waals surface area contributed by atoms with Gasteiger partial charge in [-0.05, 0) is 107 Å². The Morgan fingerprint density at radius 2 is 0.695 bits per heavy atom. The summed E-state index contributed by atoms with van der Waals surface area (Å²) in [5.74, 6) is 0.930. The summed E-state index contributed by atoms with van der Waals surface area (Å²) in [5, 5.41) is 4.92. The number of fused-ring (bicyclic) bond motifs is 7. The van der Waals surface area contributed by atoms with Crippen LogP contribution in [0.5, 0.6) is 0 Å². The van der Waals surface area contributed by atoms with E-state index in [1.807, 2.05) is 0 Å². The van der Waals surface area contributed by atoms with Crippen LogP contribution in [0.25, 0.3) is 105 Å². The van der Waals surface area contributed by atoms with Crippen LogP contribution < -0.4 is 0 Å². The number of hydrogen-bond donors (Lipinski definition) is 0. The lowest BCUT2D eigenvalue weighted by Crippen LogP contribution is -1.97. The standard InChI is InChI=1S/C55H36N4/c1-4-14-37(15-5-1)40-28-31-51-46(34-40)45-20-10-12-22-50(45)58(51)44-30-33-53-48(36-44)47-35-41(29-32-52(47)57(53)42-16-6-2-7-17-42)38-24-26-39(27-25-38)55-56-49-21-11-13-23-54(49)59(55)43-18-8-3-9-19-43/h1-36H. The van der Waals surface area contributed by atoms with Gasteiger partial charge in [-0.3, -0.25) is 4.57 Å². The van der Waals surface area contributed by atoms with Gasteiger partial charge in [0, 0.05) is 44.2 Å². The monoisotopic (exact) mass is 752 g/mol. The summed E-state index contributed by atoms with van der Waals surface area (Å²) in [5.41, 5.74) is 16.0. The van der Waals surface area contributed by atoms with E-state index in [0.717, 1.165) is 45.0 Å². The van der Waals surface area contributed by atoms with Gasteiger partial charge in [-0.15, -0.1) is 0 Å². The number of nitrogens with zero attached hydrogens (tertiary/aromatic N) is 4. The summed E-state index contributed by atoms with van der Waals surface area (Å²) in [4.78, 5) is 5.11. The number of benzene rings is 9. The first-order valence-corrected chi connectivity index (χ1v) is 20.1. The van der Waals surface area contributed by atoms with Crippen LogP contribution in [-0.2, 0) is 0 Å². The maximum Gasteiger partial charge on any atom is 0.145 e. The molecule has 9 aromatic carbocycles. The maximum atomic E-state index is 5.11. The summed E-state index contributed by atoms with van der Waals surface area (Å²) < 4.78 is 7.08. The van der Waals surface area contributed by atoms with Gasteiger partial charge in [0.1, 0.15) is 5.82 Å². The van der Waals surface area contributed by atoms with Crippen LogP contribution in [0.3, 0.4) is 0 Å². The molecule has 4 nitrogen and oxygen atoms in total. The largest absolute Gasteiger partial charge is 0.309 e. The molecule has 4 heteroatoms. The molecule has 0 spiro atoms. The molecule has 3 heterocycles. The second kappa shape index (κ2) is 13.3. The summed E-state index contributed by atoms with van der Waals surface area (Å²) in [7, 11) is 0. The molecule has 0 amide bonds. The minimum atomic E-state index is 0.930. The summed E-state index contributed by atoms with van der Waals surface area (Å²) >= 11 is 0. The van der Waals surface area contributed by atoms with Gasteiger partial charge in [0.2, 0.25) is 0 Å². The first-order valence-electron chi connectivity index (χ1n) is 20.1. The van der Waals surface area contributed by atoms with Gasteiger partial charge in [0.25, 0.3) is 0 Å². The Labute approximate surface area is 341 Å². The predicted octanol–water partition coefficient (Wildman–Crippen LogP) is 14.2. The smallest absolute Gasteiger partial charge is 0.145 e. The van der Waals surface area contributed by atoms with E-state index in [9.17, 15) is 0 Å². The lowest BCUT2D eigenvalue weighted by molar-refractivity contribution is 1.10. The maximum absolute atomic E-state index is 5.11. The van der Waals surface area contributed by atoms with E-state index in [1.165, 1.54) is 60.3 Å². The molecule has 0 saturated heterocycles. The topological polar surface area (TPSA) is 27.7 Å². The molecule has 0 saturated carbocycles. The number of hydrogen-bond acceptors (Lipinski definition) is 1. The molecule has 0 aliphatic carbocycles. The molecule has 12 aromatic rings. The minimum absolute atomic E-state index is 0.930. The Balaban J connectivity index is 1.02. The van der Waals surface area contributed by atoms with E-state index in [1.54, 1.807) is 0 Å². The van der Waals surface area contributed by atoms with Crippen molar-refractivity contribution in [2.24, 2.45) is 0 Å². The highest BCUT2D eigenvalue weighted by atomic mass is 15.1. The van der Waals surface area contributed by atoms with Crippen molar-refractivity contribution in [1.82, 2.24) is 18.7 Å². The van der Waals surface area contributed by atoms with Crippen LogP contribution in [0, 0.1) is 0 Å². The first kappa shape index (κ1) is 33.2. The Hall–Kier alpha value is -7.95. The number of imidazole rings is 1. The van der Waals surface area contributed by atoms with E-state index >= 15 is 0 Å². The van der Waals surface area contributed by atoms with Gasteiger partial charge in [-0.2, -0.15) is 0 Å². The molecular weight excluding hydrogens is 717 g/mol. The lowest BCUT2D eigenvalue weighted by Gasteiger charge is -2.11. The zero-order chi connectivity index (χ0) is 38.9. The quantitative estimate of drug-likeness (QED) is 0.166. The zero-order valence-electron chi connectivity index (χ0n) is 32.1. The molecule has 3 aromatic heterocycles. The molecule has 0 fully saturated rings. The fraction of sp³-hybridized carbons (Fsp3) is 0. The van der Waals surface area contributed by atoms with Crippen molar-refractivity contribution >= 4 is 54.6 Å². The Bertz CT molecular complexity index is 3520. The molecule has 59 heavy (non-hydrogen) atoms. The lowest BCUT2D eigenvalue weighted by atomic mass is 10.0. The molecule has 0 aliphatic rings. The van der Waals surface area contributed by atoms with Crippen LogP contribution in [0.4, 0.5) is 0 Å². The molecule has 0 N–H and O–H groups in total. The normalized spacial score (nSPS) is 11.7. The Kier molecular flexibility index (Phi) is 7.50. The first-order chi connectivity index (χ1) is 29.3. The third kappa shape index (κ3) is 5.34. The summed E-state index contributed by atoms with van der Waals surface area (Å²) in [6.45, 7) is 0. The van der Waals surface area contributed by atoms with Crippen molar-refractivity contribution in [2.75, 3.05) is 0 Å². The summed E-state index contributed by atoms with van der Waals surface area (Å²) in [6, 6.07) is 78.6. The number of aromatic nitrogens is 4. The van der Waals surface area contributed by atoms with E-state index < -0.39 is 0 Å². The van der Waals surface area contributed by atoms with E-state index in [2.05, 4.69) is 232 Å². The van der Waals surface area contributed by atoms with E-state index in [0.29, 0.717) is 0 Å². The van der Waals surface area contributed by atoms with Crippen molar-refractivity contribution in [3.05, 3.63) is 218 Å². The second-order valence-electron chi connectivity index (χ2n) is 15.2. The van der Waals surface area contributed by atoms with Gasteiger partial charge in [0.15, 0.2) is 0 Å². The molecule has 0 bridgehead atoms. The fourth-order valence-corrected chi connectivity index (χ4v) is 9.12. The highest BCUT2D eigenvalue weighted by Crippen LogP contribution is 2.40. The minimum Gasteiger partial charge on any atom is -0.309 e. The van der Waals surface area contributed by atoms with Crippen LogP contribution in [-0.4, -0.2) is 18.7 Å². The van der Waals surface area contributed by atoms with Gasteiger partial charge in [-0.1, -0.05) is 133 Å². The number of rotatable bonds is 6. The third-order valence-electron chi connectivity index (χ3n) is 11.9. The van der Waals surface area contributed by atoms with Crippen LogP contribution in [0.2, 0.25) is 0 Å². The highest BCUT2D eigenvalue weighted by Gasteiger charge is 2.19. The van der Waals surface area contributed by atoms with Crippen LogP contribution >= 0.6 is 0 Å². The molecule has 0 atom stereocenters. The fourth-order valence-electron chi connectivity index (χ4n) is 9.12. The third-order valence-corrected chi connectivity index (χ3v) is 11.9. The Morgan fingerprint density at radius 1 is 0.254 bits per heavy atom. The van der Waals surface area contributed by atoms with Crippen molar-refractivity contribution in [3.63, 3.8) is 0 Å². The van der Waals surface area contributed by atoms with Crippen molar-refractivity contribution in [1.29, 1.82) is 0 Å². The second-order valence-corrected chi connectivity index (χ2v) is 15.2. The van der Waals surface area contributed by atoms with Gasteiger partial charge >= 0.3 is 0 Å². The van der Waals surface area contributed by atoms with Gasteiger partial charge in [-0.25, -0.2) is 4.98 Å². The number of para-hydroxylation sites is 5. The zero-order valence-corrected chi connectivity index (χ0v) is 32.1. The van der Waals surface area contributed by atoms with Gasteiger partial charge in [0.05, 0.1) is 33.1 Å². The molecule has 12 rings (SSSR count). The van der Waals surface area contributed by atoms with Crippen LogP contribution in [0.1, 0.15) is 0 Å². The van der Waals surface area contributed by atoms with Crippen molar-refractivity contribution < 1.29 is 0 Å². The molecular formula is C55H36N4. The van der Waals surface area contributed by atoms with Crippen molar-refractivity contribution in [3.8, 4) is 50.7 Å². The van der Waals surface area contributed by atoms with Crippen molar-refractivity contribution in [2.45, 2.75) is 0 Å². The average Bonchev–Trinajstić information content (AvgIpc) is 3.97. The SMILES string of the molecule is c1ccc(-c2ccc3c(c2)c2ccccc2n3-c2ccc3c(c2)c2cc(-c4ccc(-c5nc6ccccc6n5-c5ccccc5)cc4)ccc2n3-c2ccccc2)cc1. The van der Waals surface area contributed by atoms with E-state index in [4.69, 9.17) is 4.98 Å². The van der Waals surface area contributed by atoms with Gasteiger partial charge < -0.3 is 9.13 Å². The molecule has 0 radical (unpaired) electrons. The van der Waals surface area contributed by atoms with E-state index in [-0.39, 0.29) is 0 Å². The highest BCUT2D eigenvalue weighted by molar-refractivity contribution is 6.13. The average molecular weight is 753 g/mol. The van der Waals surface area contributed by atoms with Crippen LogP contribution in [0.15, 0.2) is 218 Å². The Morgan fingerprint density at radius 3 is 1.37 bits per heavy atom. The molecule has 276 valence electrons. The predicted molar refractivity (Wildman–Crippen MR) is 246 cm³/mol. The molecule has 0 unspecified atom stereocenters.